The molecule has 15 N–H and O–H groups in total. The lowest BCUT2D eigenvalue weighted by Gasteiger charge is -2.15. The SMILES string of the molecule is CC(=O)/C=C(\C)N.CC(=O)c1cnc(N)c(C#N)c1C.CC=C(C#N)C#N.CC=C(N)N.Cc1cc([N+](=O)[O-])cnc1N.N.N#Cc1cc2c(nc1N)CCCC2.O=CC(C=O)[N+](=O)[O-].O=CC1CCCCC1=O.[C-]#[N+]CC#N. The van der Waals surface area contributed by atoms with E-state index in [2.05, 4.69) is 25.9 Å². The van der Waals surface area contributed by atoms with E-state index in [1.165, 1.54) is 56.7 Å². The number of nitrogens with two attached hydrogens (primary N) is 6. The van der Waals surface area contributed by atoms with Crippen molar-refractivity contribution in [2.75, 3.05) is 23.7 Å². The van der Waals surface area contributed by atoms with Crippen molar-refractivity contribution in [3.05, 3.63) is 131 Å². The monoisotopic (exact) mass is 1090 g/mol. The van der Waals surface area contributed by atoms with Gasteiger partial charge in [-0.3, -0.25) is 44.2 Å². The molecule has 79 heavy (non-hydrogen) atoms. The Morgan fingerprint density at radius 1 is 0.835 bits per heavy atom. The molecule has 0 amide bonds. The number of allylic oxidation sites excluding steroid dienone is 5. The van der Waals surface area contributed by atoms with Gasteiger partial charge in [-0.2, -0.15) is 26.3 Å². The van der Waals surface area contributed by atoms with Gasteiger partial charge in [0.25, 0.3) is 12.2 Å². The molecule has 3 heterocycles. The molecule has 0 saturated heterocycles. The molecule has 28 nitrogen and oxygen atoms in total. The van der Waals surface area contributed by atoms with E-state index in [4.69, 9.17) is 67.3 Å². The van der Waals surface area contributed by atoms with Gasteiger partial charge in [0.05, 0.1) is 27.8 Å². The zero-order valence-electron chi connectivity index (χ0n) is 45.0. The fourth-order valence-corrected chi connectivity index (χ4v) is 5.32. The number of hydrogen-bond donors (Lipinski definition) is 7. The predicted molar refractivity (Wildman–Crippen MR) is 292 cm³/mol. The molecular weight excluding hydrogens is 1020 g/mol. The summed E-state index contributed by atoms with van der Waals surface area (Å²) < 4.78 is 0. The first-order valence-electron chi connectivity index (χ1n) is 22.7. The van der Waals surface area contributed by atoms with E-state index >= 15 is 0 Å². The molecule has 0 aliphatic heterocycles. The summed E-state index contributed by atoms with van der Waals surface area (Å²) >= 11 is 0. The number of nitrogens with zero attached hydrogens (tertiary/aromatic N) is 11. The second-order valence-electron chi connectivity index (χ2n) is 15.4. The molecule has 0 radical (unpaired) electrons. The zero-order chi connectivity index (χ0) is 60.9. The number of anilines is 3. The maximum absolute atomic E-state index is 11.1. The number of aromatic nitrogens is 3. The number of hydrogen-bond acceptors (Lipinski definition) is 25. The van der Waals surface area contributed by atoms with Crippen molar-refractivity contribution in [3.8, 4) is 30.3 Å². The fourth-order valence-electron chi connectivity index (χ4n) is 5.32. The summed E-state index contributed by atoms with van der Waals surface area (Å²) in [6.07, 6.45) is 15.6. The van der Waals surface area contributed by atoms with Crippen molar-refractivity contribution in [1.29, 1.82) is 26.3 Å². The molecule has 0 bridgehead atoms. The minimum absolute atomic E-state index is 0. The lowest BCUT2D eigenvalue weighted by Crippen LogP contribution is -2.21. The van der Waals surface area contributed by atoms with Gasteiger partial charge in [0.15, 0.2) is 11.6 Å². The van der Waals surface area contributed by atoms with Gasteiger partial charge in [0.2, 0.25) is 12.6 Å². The number of aldehydes is 3. The first-order chi connectivity index (χ1) is 36.7. The molecule has 0 aromatic carbocycles. The van der Waals surface area contributed by atoms with Crippen LogP contribution in [-0.4, -0.2) is 73.6 Å². The standard InChI is InChI=1S/C10H11N3.C9H9N3O.C7H10O2.C6H7N3O2.C5H4N2.C5H9NO.C3H2N2.C3H8N2.C3H3NO4.H3N/c11-6-8-5-7-3-1-2-4-9(7)13-10(8)12;1-5-7(3-10)9(11)12-4-8(5)6(2)13;8-5-6-3-1-2-4-7(6)9;1-4-2-5(9(10)11)3-8-6(4)7;1-2-5(3-6)4-7;1-4(6)3-5(2)7;1-5-3-2-4;1-2-3(4)5;5-1-3(2-6)4(7)8;/h5H,1-4H2,(H2,12,13);4H,1-2H3,(H2,11,12);5-6H,1-4H2;2-3H,1H3,(H2,7,8);2H,1H3;3H,6H2,1-2H3;3H2;2H,4-5H2,1H3;1-3H;1H3/b;;;;;4-3+;;;;. The highest BCUT2D eigenvalue weighted by Gasteiger charge is 2.20. The second-order valence-corrected chi connectivity index (χ2v) is 15.4. The van der Waals surface area contributed by atoms with E-state index in [-0.39, 0.29) is 71.2 Å². The van der Waals surface area contributed by atoms with Crippen LogP contribution in [0.3, 0.4) is 0 Å². The number of ketones is 3. The van der Waals surface area contributed by atoms with E-state index in [0.717, 1.165) is 50.3 Å². The summed E-state index contributed by atoms with van der Waals surface area (Å²) in [7, 11) is 0. The summed E-state index contributed by atoms with van der Waals surface area (Å²) in [5.74, 6) is 1.02. The van der Waals surface area contributed by atoms with Crippen LogP contribution in [0.1, 0.15) is 117 Å². The van der Waals surface area contributed by atoms with Gasteiger partial charge in [-0.15, -0.1) is 0 Å². The molecular formula is C51H66N18O10. The Bertz CT molecular complexity index is 2850. The number of nitrogen functional groups attached to an aromatic ring is 3. The van der Waals surface area contributed by atoms with Crippen molar-refractivity contribution in [2.45, 2.75) is 106 Å². The molecule has 1 atom stereocenters. The summed E-state index contributed by atoms with van der Waals surface area (Å²) in [6, 6.07) is 10.6. The first-order valence-corrected chi connectivity index (χ1v) is 22.7. The Morgan fingerprint density at radius 2 is 1.38 bits per heavy atom. The third-order valence-electron chi connectivity index (χ3n) is 9.36. The average molecular weight is 1090 g/mol. The van der Waals surface area contributed by atoms with Crippen molar-refractivity contribution in [2.24, 2.45) is 23.1 Å². The van der Waals surface area contributed by atoms with Crippen LogP contribution < -0.4 is 40.6 Å². The highest BCUT2D eigenvalue weighted by molar-refractivity contribution is 5.96. The lowest BCUT2D eigenvalue weighted by atomic mass is 9.89. The zero-order valence-corrected chi connectivity index (χ0v) is 45.0. The maximum Gasteiger partial charge on any atom is 0.321 e. The number of fused-ring (bicyclic) bond motifs is 1. The van der Waals surface area contributed by atoms with Crippen molar-refractivity contribution in [3.63, 3.8) is 0 Å². The third-order valence-corrected chi connectivity index (χ3v) is 9.36. The van der Waals surface area contributed by atoms with E-state index in [9.17, 15) is 49.0 Å². The van der Waals surface area contributed by atoms with Gasteiger partial charge < -0.3 is 50.2 Å². The van der Waals surface area contributed by atoms with Gasteiger partial charge in [-0.05, 0) is 122 Å². The Hall–Kier alpha value is -10.8. The average Bonchev–Trinajstić information content (AvgIpc) is 3.39. The smallest absolute Gasteiger partial charge is 0.321 e. The molecule has 1 saturated carbocycles. The maximum atomic E-state index is 11.1. The Balaban J connectivity index is -0.000000265. The van der Waals surface area contributed by atoms with Gasteiger partial charge in [0, 0.05) is 40.6 Å². The largest absolute Gasteiger partial charge is 0.402 e. The Labute approximate surface area is 457 Å². The molecule has 5 rings (SSSR count). The first kappa shape index (κ1) is 77.1. The van der Waals surface area contributed by atoms with Crippen LogP contribution in [0.5, 0.6) is 0 Å². The molecule has 2 aliphatic carbocycles. The van der Waals surface area contributed by atoms with E-state index in [1.54, 1.807) is 58.9 Å². The van der Waals surface area contributed by atoms with Crippen LogP contribution >= 0.6 is 0 Å². The highest BCUT2D eigenvalue weighted by atomic mass is 16.6. The van der Waals surface area contributed by atoms with Crippen LogP contribution in [0, 0.1) is 103 Å². The minimum atomic E-state index is -1.69. The van der Waals surface area contributed by atoms with Crippen molar-refractivity contribution in [1.82, 2.24) is 21.1 Å². The molecule has 0 spiro atoms. The third kappa shape index (κ3) is 35.9. The van der Waals surface area contributed by atoms with E-state index in [0.29, 0.717) is 51.8 Å². The van der Waals surface area contributed by atoms with Crippen molar-refractivity contribution < 1.29 is 38.6 Å². The quantitative estimate of drug-likeness (QED) is 0.0186. The van der Waals surface area contributed by atoms with E-state index in [1.807, 2.05) is 12.1 Å². The number of aryl methyl sites for hydroxylation is 3. The number of carbonyl (C=O) groups is 6. The molecule has 28 heteroatoms. The number of Topliss-reactive ketones (excluding diaryl/α,β-unsaturated/α-hetero) is 2. The fraction of sp³-hybridized carbons (Fsp3) is 0.353. The van der Waals surface area contributed by atoms with Crippen LogP contribution in [0.15, 0.2) is 59.8 Å². The summed E-state index contributed by atoms with van der Waals surface area (Å²) in [6.45, 7) is 17.4. The molecule has 3 aromatic rings. The molecule has 2 aliphatic rings. The number of rotatable bonds is 7. The van der Waals surface area contributed by atoms with Crippen LogP contribution in [0.4, 0.5) is 23.1 Å². The highest BCUT2D eigenvalue weighted by Crippen LogP contribution is 2.23. The van der Waals surface area contributed by atoms with Gasteiger partial charge >= 0.3 is 6.04 Å². The van der Waals surface area contributed by atoms with Gasteiger partial charge in [-0.25, -0.2) is 21.5 Å². The molecule has 420 valence electrons. The molecule has 1 unspecified atom stereocenters. The van der Waals surface area contributed by atoms with E-state index < -0.39 is 15.9 Å². The summed E-state index contributed by atoms with van der Waals surface area (Å²) in [5, 5.41) is 60.7. The van der Waals surface area contributed by atoms with Gasteiger partial charge in [-0.1, -0.05) is 12.5 Å². The Morgan fingerprint density at radius 3 is 1.70 bits per heavy atom. The summed E-state index contributed by atoms with van der Waals surface area (Å²) in [5.41, 5.74) is 36.9. The molecule has 3 aromatic heterocycles. The normalized spacial score (nSPS) is 11.5. The number of pyridine rings is 3. The second kappa shape index (κ2) is 45.8. The number of carbonyl (C=O) groups excluding carboxylic acids is 6. The van der Waals surface area contributed by atoms with Crippen LogP contribution in [-0.2, 0) is 36.8 Å². The van der Waals surface area contributed by atoms with Gasteiger partial charge in [0.1, 0.15) is 71.6 Å². The Kier molecular flexibility index (Phi) is 44.7. The lowest BCUT2D eigenvalue weighted by molar-refractivity contribution is -0.489. The molecule has 1 fully saturated rings. The minimum Gasteiger partial charge on any atom is -0.402 e. The van der Waals surface area contributed by atoms with Crippen LogP contribution in [0.2, 0.25) is 0 Å². The summed E-state index contributed by atoms with van der Waals surface area (Å²) in [4.78, 5) is 93.7. The number of nitriles is 5. The number of nitro groups is 2. The topological polar surface area (TPSA) is 542 Å². The van der Waals surface area contributed by atoms with Crippen LogP contribution in [0.25, 0.3) is 4.85 Å². The van der Waals surface area contributed by atoms with Crippen molar-refractivity contribution >= 4 is 59.3 Å². The predicted octanol–water partition coefficient (Wildman–Crippen LogP) is 5.09.